The van der Waals surface area contributed by atoms with Crippen LogP contribution in [-0.4, -0.2) is 31.5 Å². The number of hydrogen-bond donors (Lipinski definition) is 0. The Bertz CT molecular complexity index is 1180. The van der Waals surface area contributed by atoms with Crippen LogP contribution in [0.5, 0.6) is 0 Å². The molecule has 3 aromatic rings. The molecule has 1 radical (unpaired) electrons. The van der Waals surface area contributed by atoms with E-state index >= 15 is 0 Å². The average molecular weight is 521 g/mol. The van der Waals surface area contributed by atoms with Crippen molar-refractivity contribution < 1.29 is 40.5 Å². The number of carbonyl (C=O) groups is 1. The first-order valence-corrected chi connectivity index (χ1v) is 10.5. The Morgan fingerprint density at radius 2 is 1.50 bits per heavy atom. The molecule has 0 aliphatic rings. The van der Waals surface area contributed by atoms with Crippen LogP contribution >= 0.6 is 11.6 Å². The summed E-state index contributed by atoms with van der Waals surface area (Å²) in [4.78, 5) is 13.1. The van der Waals surface area contributed by atoms with Crippen LogP contribution < -0.4 is 10.2 Å². The molecule has 0 spiro atoms. The number of halogens is 1. The topological polar surface area (TPSA) is 135 Å². The second-order valence-electron chi connectivity index (χ2n) is 5.88. The van der Waals surface area contributed by atoms with Crippen LogP contribution in [0, 0.1) is 0 Å². The van der Waals surface area contributed by atoms with Gasteiger partial charge in [0.2, 0.25) is 9.84 Å². The van der Waals surface area contributed by atoms with Crippen LogP contribution in [0.4, 0.5) is 0 Å². The first-order valence-electron chi connectivity index (χ1n) is 8.68. The Labute approximate surface area is 200 Å². The maximum Gasteiger partial charge on any atom is 2.00 e. The zero-order valence-corrected chi connectivity index (χ0v) is 19.0. The number of pyridine rings is 1. The van der Waals surface area contributed by atoms with Gasteiger partial charge in [0, 0.05) is 23.1 Å². The molecule has 11 heteroatoms. The fourth-order valence-corrected chi connectivity index (χ4v) is 3.56. The molecular formula is C21H16ClCuN3O5S. The van der Waals surface area contributed by atoms with Crippen LogP contribution in [0.3, 0.4) is 0 Å². The summed E-state index contributed by atoms with van der Waals surface area (Å²) in [5, 5.41) is 28.7. The Kier molecular flexibility index (Phi) is 10.7. The SMILES string of the molecule is CC(=O)[O-].O=S(=O)(c1ccc(Cl)cc1)c1ccc(/C([O-])=N\N=C\c2ccccn2)cc1.[Cu+2]. The van der Waals surface area contributed by atoms with Gasteiger partial charge in [0.25, 0.3) is 0 Å². The third kappa shape index (κ3) is 8.24. The van der Waals surface area contributed by atoms with Gasteiger partial charge in [0.15, 0.2) is 0 Å². The van der Waals surface area contributed by atoms with Crippen LogP contribution in [0.25, 0.3) is 0 Å². The minimum atomic E-state index is -3.69. The number of hydrogen-bond acceptors (Lipinski definition) is 8. The van der Waals surface area contributed by atoms with E-state index in [-0.39, 0.29) is 32.4 Å². The first-order chi connectivity index (χ1) is 14.7. The second-order valence-corrected chi connectivity index (χ2v) is 8.26. The number of carbonyl (C=O) groups excluding carboxylic acids is 1. The fraction of sp³-hybridized carbons (Fsp3) is 0.0476. The van der Waals surface area contributed by atoms with Crippen LogP contribution in [0.2, 0.25) is 5.02 Å². The van der Waals surface area contributed by atoms with Crippen molar-refractivity contribution >= 4 is 39.5 Å². The van der Waals surface area contributed by atoms with Gasteiger partial charge in [-0.3, -0.25) is 4.98 Å². The van der Waals surface area contributed by atoms with Crippen molar-refractivity contribution in [3.8, 4) is 0 Å². The summed E-state index contributed by atoms with van der Waals surface area (Å²) in [6.07, 6.45) is 2.96. The number of sulfone groups is 1. The summed E-state index contributed by atoms with van der Waals surface area (Å²) in [5.41, 5.74) is 0.793. The number of aliphatic carboxylic acids is 1. The van der Waals surface area contributed by atoms with Gasteiger partial charge in [0.1, 0.15) is 0 Å². The van der Waals surface area contributed by atoms with E-state index in [1.54, 1.807) is 24.4 Å². The predicted molar refractivity (Wildman–Crippen MR) is 112 cm³/mol. The molecule has 0 saturated carbocycles. The number of rotatable bonds is 5. The Morgan fingerprint density at radius 3 is 2.00 bits per heavy atom. The van der Waals surface area contributed by atoms with Crippen molar-refractivity contribution in [3.05, 3.63) is 89.2 Å². The summed E-state index contributed by atoms with van der Waals surface area (Å²) < 4.78 is 25.1. The molecule has 0 saturated heterocycles. The minimum absolute atomic E-state index is 0. The molecule has 0 aliphatic carbocycles. The summed E-state index contributed by atoms with van der Waals surface area (Å²) in [7, 11) is -3.69. The molecular weight excluding hydrogens is 505 g/mol. The quantitative estimate of drug-likeness (QED) is 0.216. The minimum Gasteiger partial charge on any atom is -0.857 e. The molecule has 0 unspecified atom stereocenters. The van der Waals surface area contributed by atoms with Crippen LogP contribution in [0.15, 0.2) is 92.9 Å². The van der Waals surface area contributed by atoms with E-state index in [4.69, 9.17) is 21.5 Å². The van der Waals surface area contributed by atoms with E-state index < -0.39 is 21.7 Å². The molecule has 1 heterocycles. The van der Waals surface area contributed by atoms with Gasteiger partial charge in [-0.05, 0) is 61.0 Å². The summed E-state index contributed by atoms with van der Waals surface area (Å²) >= 11 is 5.79. The Morgan fingerprint density at radius 1 is 0.969 bits per heavy atom. The van der Waals surface area contributed by atoms with E-state index in [0.717, 1.165) is 6.92 Å². The Balaban J connectivity index is 0.000000945. The van der Waals surface area contributed by atoms with Crippen molar-refractivity contribution in [1.29, 1.82) is 0 Å². The third-order valence-electron chi connectivity index (χ3n) is 3.56. The summed E-state index contributed by atoms with van der Waals surface area (Å²) in [6, 6.07) is 16.6. The first kappa shape index (κ1) is 27.0. The van der Waals surface area contributed by atoms with E-state index in [2.05, 4.69) is 15.2 Å². The fourth-order valence-electron chi connectivity index (χ4n) is 2.18. The standard InChI is InChI=1S/C19H14ClN3O3S.C2H4O2.Cu/c20-15-6-10-18(11-7-15)27(25,26)17-8-4-14(5-9-17)19(24)23-22-13-16-3-1-2-12-21-16;1-2(3)4;/h1-13H,(H,23,24);1H3,(H,3,4);/q;;+2/p-2/b22-13+;;. The van der Waals surface area contributed by atoms with E-state index in [0.29, 0.717) is 10.7 Å². The van der Waals surface area contributed by atoms with Gasteiger partial charge < -0.3 is 15.0 Å². The van der Waals surface area contributed by atoms with Crippen molar-refractivity contribution in [3.63, 3.8) is 0 Å². The maximum atomic E-state index is 12.6. The number of benzene rings is 2. The zero-order valence-electron chi connectivity index (χ0n) is 16.5. The van der Waals surface area contributed by atoms with Gasteiger partial charge in [-0.15, -0.1) is 0 Å². The second kappa shape index (κ2) is 12.7. The Hall–Kier alpha value is -3.04. The molecule has 0 bridgehead atoms. The molecule has 0 aliphatic heterocycles. The zero-order chi connectivity index (χ0) is 22.9. The molecule has 0 fully saturated rings. The number of nitrogens with zero attached hydrogens (tertiary/aromatic N) is 3. The monoisotopic (exact) mass is 520 g/mol. The van der Waals surface area contributed by atoms with Crippen LogP contribution in [-0.2, 0) is 31.7 Å². The van der Waals surface area contributed by atoms with Gasteiger partial charge in [-0.2, -0.15) is 10.2 Å². The number of carboxylic acid groups (broad SMARTS) is 1. The molecule has 169 valence electrons. The summed E-state index contributed by atoms with van der Waals surface area (Å²) in [5.74, 6) is -1.67. The molecule has 32 heavy (non-hydrogen) atoms. The molecule has 2 aromatic carbocycles. The number of aromatic nitrogens is 1. The van der Waals surface area contributed by atoms with E-state index in [1.165, 1.54) is 54.7 Å². The third-order valence-corrected chi connectivity index (χ3v) is 5.60. The van der Waals surface area contributed by atoms with E-state index in [1.807, 2.05) is 0 Å². The van der Waals surface area contributed by atoms with Gasteiger partial charge in [-0.1, -0.05) is 29.8 Å². The largest absolute Gasteiger partial charge is 2.00 e. The molecule has 0 N–H and O–H groups in total. The molecule has 1 aromatic heterocycles. The average Bonchev–Trinajstić information content (AvgIpc) is 2.74. The van der Waals surface area contributed by atoms with Gasteiger partial charge >= 0.3 is 17.1 Å². The number of carboxylic acids is 1. The van der Waals surface area contributed by atoms with Gasteiger partial charge in [-0.25, -0.2) is 8.42 Å². The molecule has 0 amide bonds. The molecule has 8 nitrogen and oxygen atoms in total. The predicted octanol–water partition coefficient (Wildman–Crippen LogP) is 1.46. The van der Waals surface area contributed by atoms with Crippen molar-refractivity contribution in [2.45, 2.75) is 16.7 Å². The normalized spacial score (nSPS) is 11.2. The van der Waals surface area contributed by atoms with Gasteiger partial charge in [0.05, 0.1) is 21.7 Å². The van der Waals surface area contributed by atoms with Crippen molar-refractivity contribution in [1.82, 2.24) is 4.98 Å². The van der Waals surface area contributed by atoms with Crippen LogP contribution in [0.1, 0.15) is 18.2 Å². The molecule has 3 rings (SSSR count). The summed E-state index contributed by atoms with van der Waals surface area (Å²) in [6.45, 7) is 0.972. The van der Waals surface area contributed by atoms with Crippen molar-refractivity contribution in [2.24, 2.45) is 10.2 Å². The van der Waals surface area contributed by atoms with E-state index in [9.17, 15) is 13.5 Å². The smallest absolute Gasteiger partial charge is 0.857 e. The molecule has 0 atom stereocenters. The van der Waals surface area contributed by atoms with Crippen molar-refractivity contribution in [2.75, 3.05) is 0 Å². The maximum absolute atomic E-state index is 12.6.